The lowest BCUT2D eigenvalue weighted by molar-refractivity contribution is 0.122. The predicted molar refractivity (Wildman–Crippen MR) is 105 cm³/mol. The Balaban J connectivity index is 1.41. The molecule has 3 heterocycles. The van der Waals surface area contributed by atoms with Gasteiger partial charge in [-0.2, -0.15) is 5.10 Å². The Bertz CT molecular complexity index is 899. The van der Waals surface area contributed by atoms with Crippen molar-refractivity contribution in [3.05, 3.63) is 59.7 Å². The van der Waals surface area contributed by atoms with Gasteiger partial charge in [-0.05, 0) is 50.2 Å². The van der Waals surface area contributed by atoms with Gasteiger partial charge < -0.3 is 15.0 Å². The zero-order chi connectivity index (χ0) is 18.6. The summed E-state index contributed by atoms with van der Waals surface area (Å²) in [5, 5.41) is 7.95. The maximum atomic E-state index is 5.39. The van der Waals surface area contributed by atoms with Crippen molar-refractivity contribution in [3.8, 4) is 5.69 Å². The standard InChI is InChI=1S/C20H24N6O/c1-15-13-16(2)26(24-15)19-5-3-17(4-6-19)22-14-18-7-8-21-20(23-18)25-9-11-27-12-10-25/h3-8,13,22H,9-12,14H2,1-2H3. The van der Waals surface area contributed by atoms with E-state index < -0.39 is 0 Å². The molecule has 1 aromatic carbocycles. The number of nitrogens with one attached hydrogen (secondary N) is 1. The second-order valence-electron chi connectivity index (χ2n) is 6.69. The van der Waals surface area contributed by atoms with E-state index in [1.165, 1.54) is 0 Å². The van der Waals surface area contributed by atoms with Gasteiger partial charge in [-0.1, -0.05) is 0 Å². The molecule has 1 aliphatic heterocycles. The summed E-state index contributed by atoms with van der Waals surface area (Å²) < 4.78 is 7.35. The largest absolute Gasteiger partial charge is 0.379 e. The van der Waals surface area contributed by atoms with Gasteiger partial charge in [-0.3, -0.25) is 0 Å². The molecule has 1 saturated heterocycles. The minimum Gasteiger partial charge on any atom is -0.379 e. The third-order valence-electron chi connectivity index (χ3n) is 4.59. The lowest BCUT2D eigenvalue weighted by atomic mass is 10.2. The summed E-state index contributed by atoms with van der Waals surface area (Å²) in [5.74, 6) is 0.775. The molecule has 140 valence electrons. The second-order valence-corrected chi connectivity index (χ2v) is 6.69. The van der Waals surface area contributed by atoms with E-state index in [1.807, 2.05) is 23.9 Å². The molecule has 0 saturated carbocycles. The third kappa shape index (κ3) is 4.09. The number of ether oxygens (including phenoxy) is 1. The maximum Gasteiger partial charge on any atom is 0.225 e. The lowest BCUT2D eigenvalue weighted by Crippen LogP contribution is -2.37. The van der Waals surface area contributed by atoms with Crippen LogP contribution in [0.25, 0.3) is 5.69 Å². The monoisotopic (exact) mass is 364 g/mol. The first-order valence-electron chi connectivity index (χ1n) is 9.21. The van der Waals surface area contributed by atoms with Crippen molar-refractivity contribution in [2.75, 3.05) is 36.5 Å². The zero-order valence-electron chi connectivity index (χ0n) is 15.7. The molecule has 2 aromatic heterocycles. The molecular formula is C20H24N6O. The fraction of sp³-hybridized carbons (Fsp3) is 0.350. The molecule has 0 spiro atoms. The highest BCUT2D eigenvalue weighted by Gasteiger charge is 2.13. The van der Waals surface area contributed by atoms with E-state index in [0.29, 0.717) is 6.54 Å². The van der Waals surface area contributed by atoms with E-state index in [9.17, 15) is 0 Å². The quantitative estimate of drug-likeness (QED) is 0.751. The smallest absolute Gasteiger partial charge is 0.225 e. The number of benzene rings is 1. The first kappa shape index (κ1) is 17.5. The zero-order valence-corrected chi connectivity index (χ0v) is 15.7. The van der Waals surface area contributed by atoms with Crippen molar-refractivity contribution < 1.29 is 4.74 Å². The molecule has 0 bridgehead atoms. The normalized spacial score (nSPS) is 14.4. The fourth-order valence-electron chi connectivity index (χ4n) is 3.20. The number of hydrogen-bond acceptors (Lipinski definition) is 6. The highest BCUT2D eigenvalue weighted by Crippen LogP contribution is 2.16. The van der Waals surface area contributed by atoms with Gasteiger partial charge in [0.05, 0.1) is 36.8 Å². The molecule has 1 aliphatic rings. The van der Waals surface area contributed by atoms with Gasteiger partial charge in [0.2, 0.25) is 5.95 Å². The maximum absolute atomic E-state index is 5.39. The van der Waals surface area contributed by atoms with Crippen LogP contribution in [-0.4, -0.2) is 46.1 Å². The van der Waals surface area contributed by atoms with Gasteiger partial charge in [0.1, 0.15) is 0 Å². The Morgan fingerprint density at radius 3 is 2.56 bits per heavy atom. The Labute approximate surface area is 159 Å². The lowest BCUT2D eigenvalue weighted by Gasteiger charge is -2.26. The van der Waals surface area contributed by atoms with Crippen LogP contribution in [0, 0.1) is 13.8 Å². The number of aryl methyl sites for hydroxylation is 2. The van der Waals surface area contributed by atoms with Crippen molar-refractivity contribution in [1.29, 1.82) is 0 Å². The van der Waals surface area contributed by atoms with Crippen LogP contribution in [-0.2, 0) is 11.3 Å². The SMILES string of the molecule is Cc1cc(C)n(-c2ccc(NCc3ccnc(N4CCOCC4)n3)cc2)n1. The predicted octanol–water partition coefficient (Wildman–Crippen LogP) is 2.73. The molecule has 0 atom stereocenters. The molecule has 4 rings (SSSR count). The van der Waals surface area contributed by atoms with E-state index in [2.05, 4.69) is 62.5 Å². The van der Waals surface area contributed by atoms with Gasteiger partial charge in [-0.25, -0.2) is 14.6 Å². The molecule has 7 heteroatoms. The number of aromatic nitrogens is 4. The molecule has 7 nitrogen and oxygen atoms in total. The number of hydrogen-bond donors (Lipinski definition) is 1. The van der Waals surface area contributed by atoms with Gasteiger partial charge in [-0.15, -0.1) is 0 Å². The summed E-state index contributed by atoms with van der Waals surface area (Å²) >= 11 is 0. The summed E-state index contributed by atoms with van der Waals surface area (Å²) in [7, 11) is 0. The third-order valence-corrected chi connectivity index (χ3v) is 4.59. The summed E-state index contributed by atoms with van der Waals surface area (Å²) in [6.45, 7) is 7.86. The Morgan fingerprint density at radius 1 is 1.07 bits per heavy atom. The molecule has 0 amide bonds. The molecule has 0 unspecified atom stereocenters. The summed E-state index contributed by atoms with van der Waals surface area (Å²) in [4.78, 5) is 11.2. The van der Waals surface area contributed by atoms with Gasteiger partial charge in [0.25, 0.3) is 0 Å². The van der Waals surface area contributed by atoms with Crippen LogP contribution in [0.4, 0.5) is 11.6 Å². The molecule has 3 aromatic rings. The van der Waals surface area contributed by atoms with Crippen molar-refractivity contribution in [3.63, 3.8) is 0 Å². The van der Waals surface area contributed by atoms with E-state index in [1.54, 1.807) is 0 Å². The van der Waals surface area contributed by atoms with Gasteiger partial charge in [0.15, 0.2) is 0 Å². The number of morpholine rings is 1. The first-order chi connectivity index (χ1) is 13.2. The van der Waals surface area contributed by atoms with Crippen LogP contribution in [0.1, 0.15) is 17.1 Å². The van der Waals surface area contributed by atoms with Crippen molar-refractivity contribution in [2.24, 2.45) is 0 Å². The average molecular weight is 364 g/mol. The van der Waals surface area contributed by atoms with Crippen LogP contribution < -0.4 is 10.2 Å². The molecule has 27 heavy (non-hydrogen) atoms. The topological polar surface area (TPSA) is 68.1 Å². The van der Waals surface area contributed by atoms with Crippen LogP contribution in [0.15, 0.2) is 42.6 Å². The minimum absolute atomic E-state index is 0.652. The van der Waals surface area contributed by atoms with Gasteiger partial charge >= 0.3 is 0 Å². The first-order valence-corrected chi connectivity index (χ1v) is 9.21. The molecular weight excluding hydrogens is 340 g/mol. The van der Waals surface area contributed by atoms with Crippen LogP contribution in [0.2, 0.25) is 0 Å². The van der Waals surface area contributed by atoms with Crippen LogP contribution >= 0.6 is 0 Å². The van der Waals surface area contributed by atoms with Gasteiger partial charge in [0, 0.05) is 30.7 Å². The molecule has 0 radical (unpaired) electrons. The second kappa shape index (κ2) is 7.75. The molecule has 0 aliphatic carbocycles. The van der Waals surface area contributed by atoms with Crippen molar-refractivity contribution >= 4 is 11.6 Å². The molecule has 1 N–H and O–H groups in total. The van der Waals surface area contributed by atoms with Crippen LogP contribution in [0.3, 0.4) is 0 Å². The summed E-state index contributed by atoms with van der Waals surface area (Å²) in [6.07, 6.45) is 1.82. The number of nitrogens with zero attached hydrogens (tertiary/aromatic N) is 5. The van der Waals surface area contributed by atoms with Crippen molar-refractivity contribution in [2.45, 2.75) is 20.4 Å². The van der Waals surface area contributed by atoms with E-state index >= 15 is 0 Å². The number of rotatable bonds is 5. The van der Waals surface area contributed by atoms with Crippen molar-refractivity contribution in [1.82, 2.24) is 19.7 Å². The molecule has 1 fully saturated rings. The van der Waals surface area contributed by atoms with E-state index in [0.717, 1.165) is 60.7 Å². The minimum atomic E-state index is 0.652. The fourth-order valence-corrected chi connectivity index (χ4v) is 3.20. The van der Waals surface area contributed by atoms with Crippen LogP contribution in [0.5, 0.6) is 0 Å². The summed E-state index contributed by atoms with van der Waals surface area (Å²) in [5.41, 5.74) is 5.23. The Kier molecular flexibility index (Phi) is 5.02. The highest BCUT2D eigenvalue weighted by molar-refractivity contribution is 5.49. The number of anilines is 2. The average Bonchev–Trinajstić information content (AvgIpc) is 3.06. The Morgan fingerprint density at radius 2 is 1.85 bits per heavy atom. The van der Waals surface area contributed by atoms with E-state index in [4.69, 9.17) is 4.74 Å². The summed E-state index contributed by atoms with van der Waals surface area (Å²) in [6, 6.07) is 12.3. The Hall–Kier alpha value is -2.93. The van der Waals surface area contributed by atoms with E-state index in [-0.39, 0.29) is 0 Å². The highest BCUT2D eigenvalue weighted by atomic mass is 16.5.